The molecule has 144 valence electrons. The summed E-state index contributed by atoms with van der Waals surface area (Å²) >= 11 is 1.90. The molecule has 4 heterocycles. The highest BCUT2D eigenvalue weighted by atomic mass is 32.2. The number of hydrogen-bond acceptors (Lipinski definition) is 4. The van der Waals surface area contributed by atoms with Crippen LogP contribution in [-0.2, 0) is 0 Å². The van der Waals surface area contributed by atoms with E-state index in [9.17, 15) is 0 Å². The Bertz CT molecular complexity index is 1020. The molecule has 0 spiro atoms. The quantitative estimate of drug-likeness (QED) is 0.582. The number of amidine groups is 1. The van der Waals surface area contributed by atoms with Crippen molar-refractivity contribution in [2.45, 2.75) is 51.4 Å². The first-order valence-electron chi connectivity index (χ1n) is 10.2. The highest BCUT2D eigenvalue weighted by Crippen LogP contribution is 2.50. The third kappa shape index (κ3) is 2.67. The second kappa shape index (κ2) is 6.96. The monoisotopic (exact) mass is 390 g/mol. The predicted octanol–water partition coefficient (Wildman–Crippen LogP) is 5.60. The van der Waals surface area contributed by atoms with Gasteiger partial charge in [0.1, 0.15) is 6.04 Å². The molecule has 0 bridgehead atoms. The summed E-state index contributed by atoms with van der Waals surface area (Å²) in [6.45, 7) is 6.80. The van der Waals surface area contributed by atoms with Gasteiger partial charge in [-0.05, 0) is 38.5 Å². The standard InChI is InChI=1S/C23H26N4S/c1-4-16-14-28-23-25-21(19-10-7-8-12-24-19)22(27(16)23)18-13-26(15(2)3)20-11-6-5-9-17(18)20/h5-13,15-16,21-22H,4,14H2,1-3H3/t16-,21-,22-/m1/s1. The van der Waals surface area contributed by atoms with Crippen molar-refractivity contribution in [2.24, 2.45) is 4.99 Å². The molecule has 1 fully saturated rings. The molecule has 3 atom stereocenters. The Hall–Kier alpha value is -2.27. The van der Waals surface area contributed by atoms with Gasteiger partial charge in [0.2, 0.25) is 0 Å². The largest absolute Gasteiger partial charge is 0.345 e. The van der Waals surface area contributed by atoms with Gasteiger partial charge in [-0.1, -0.05) is 43.0 Å². The molecule has 1 aromatic carbocycles. The fraction of sp³-hybridized carbons (Fsp3) is 0.391. The number of nitrogens with zero attached hydrogens (tertiary/aromatic N) is 4. The van der Waals surface area contributed by atoms with Crippen LogP contribution in [0.15, 0.2) is 59.9 Å². The van der Waals surface area contributed by atoms with Crippen molar-refractivity contribution in [3.8, 4) is 0 Å². The zero-order chi connectivity index (χ0) is 19.3. The second-order valence-electron chi connectivity index (χ2n) is 7.94. The molecule has 0 unspecified atom stereocenters. The number of aliphatic imine (C=N–C) groups is 1. The van der Waals surface area contributed by atoms with Crippen LogP contribution >= 0.6 is 11.8 Å². The van der Waals surface area contributed by atoms with Crippen molar-refractivity contribution in [3.05, 3.63) is 66.1 Å². The molecular formula is C23H26N4S. The zero-order valence-electron chi connectivity index (χ0n) is 16.6. The Morgan fingerprint density at radius 2 is 1.96 bits per heavy atom. The number of benzene rings is 1. The van der Waals surface area contributed by atoms with Crippen molar-refractivity contribution in [3.63, 3.8) is 0 Å². The molecule has 2 aromatic heterocycles. The maximum Gasteiger partial charge on any atom is 0.160 e. The lowest BCUT2D eigenvalue weighted by Crippen LogP contribution is -2.35. The molecule has 0 N–H and O–H groups in total. The van der Waals surface area contributed by atoms with E-state index in [4.69, 9.17) is 4.99 Å². The number of aromatic nitrogens is 2. The first-order chi connectivity index (χ1) is 13.7. The normalized spacial score (nSPS) is 24.2. The Morgan fingerprint density at radius 3 is 2.71 bits per heavy atom. The Balaban J connectivity index is 1.71. The van der Waals surface area contributed by atoms with Gasteiger partial charge in [-0.15, -0.1) is 0 Å². The van der Waals surface area contributed by atoms with Gasteiger partial charge in [-0.3, -0.25) is 9.98 Å². The van der Waals surface area contributed by atoms with Crippen molar-refractivity contribution in [2.75, 3.05) is 5.75 Å². The van der Waals surface area contributed by atoms with Gasteiger partial charge in [-0.2, -0.15) is 0 Å². The van der Waals surface area contributed by atoms with Crippen LogP contribution in [0.3, 0.4) is 0 Å². The first kappa shape index (κ1) is 17.8. The molecule has 28 heavy (non-hydrogen) atoms. The number of pyridine rings is 1. The van der Waals surface area contributed by atoms with E-state index in [2.05, 4.69) is 77.8 Å². The Labute approximate surface area is 170 Å². The van der Waals surface area contributed by atoms with Gasteiger partial charge in [0.25, 0.3) is 0 Å². The van der Waals surface area contributed by atoms with Gasteiger partial charge >= 0.3 is 0 Å². The third-order valence-electron chi connectivity index (χ3n) is 5.98. The van der Waals surface area contributed by atoms with E-state index in [1.165, 1.54) is 21.6 Å². The summed E-state index contributed by atoms with van der Waals surface area (Å²) in [5, 5.41) is 2.53. The number of rotatable bonds is 4. The van der Waals surface area contributed by atoms with Crippen LogP contribution in [0.1, 0.15) is 56.6 Å². The first-order valence-corrected chi connectivity index (χ1v) is 11.2. The smallest absolute Gasteiger partial charge is 0.160 e. The van der Waals surface area contributed by atoms with Crippen LogP contribution in [0.4, 0.5) is 0 Å². The summed E-state index contributed by atoms with van der Waals surface area (Å²) in [4.78, 5) is 12.4. The fourth-order valence-corrected chi connectivity index (χ4v) is 5.92. The van der Waals surface area contributed by atoms with Crippen LogP contribution in [0.5, 0.6) is 0 Å². The van der Waals surface area contributed by atoms with E-state index < -0.39 is 0 Å². The van der Waals surface area contributed by atoms with Crippen molar-refractivity contribution in [1.29, 1.82) is 0 Å². The number of thioether (sulfide) groups is 1. The summed E-state index contributed by atoms with van der Waals surface area (Å²) < 4.78 is 2.41. The molecular weight excluding hydrogens is 364 g/mol. The van der Waals surface area contributed by atoms with Crippen molar-refractivity contribution in [1.82, 2.24) is 14.5 Å². The van der Waals surface area contributed by atoms with Crippen molar-refractivity contribution >= 4 is 27.8 Å². The molecule has 5 rings (SSSR count). The van der Waals surface area contributed by atoms with Crippen molar-refractivity contribution < 1.29 is 0 Å². The van der Waals surface area contributed by atoms with Gasteiger partial charge in [-0.25, -0.2) is 0 Å². The minimum Gasteiger partial charge on any atom is -0.345 e. The van der Waals surface area contributed by atoms with E-state index in [1.54, 1.807) is 0 Å². The molecule has 0 amide bonds. The summed E-state index contributed by atoms with van der Waals surface area (Å²) in [6.07, 6.45) is 5.39. The van der Waals surface area contributed by atoms with Crippen LogP contribution in [0.2, 0.25) is 0 Å². The van der Waals surface area contributed by atoms with Gasteiger partial charge in [0.15, 0.2) is 5.17 Å². The lowest BCUT2D eigenvalue weighted by Gasteiger charge is -2.31. The van der Waals surface area contributed by atoms with Gasteiger partial charge in [0, 0.05) is 46.7 Å². The number of hydrogen-bond donors (Lipinski definition) is 0. The summed E-state index contributed by atoms with van der Waals surface area (Å²) in [6, 6.07) is 16.2. The molecule has 1 saturated heterocycles. The summed E-state index contributed by atoms with van der Waals surface area (Å²) in [5.74, 6) is 1.13. The molecule has 0 saturated carbocycles. The summed E-state index contributed by atoms with van der Waals surface area (Å²) in [7, 11) is 0. The topological polar surface area (TPSA) is 33.4 Å². The van der Waals surface area contributed by atoms with E-state index >= 15 is 0 Å². The molecule has 5 heteroatoms. The zero-order valence-corrected chi connectivity index (χ0v) is 17.4. The van der Waals surface area contributed by atoms with Crippen LogP contribution in [0.25, 0.3) is 10.9 Å². The van der Waals surface area contributed by atoms with Crippen LogP contribution < -0.4 is 0 Å². The highest BCUT2D eigenvalue weighted by Gasteiger charge is 2.46. The van der Waals surface area contributed by atoms with E-state index in [0.29, 0.717) is 12.1 Å². The lowest BCUT2D eigenvalue weighted by atomic mass is 9.95. The average molecular weight is 391 g/mol. The van der Waals surface area contributed by atoms with E-state index in [0.717, 1.165) is 17.9 Å². The minimum absolute atomic E-state index is 0.0458. The molecule has 2 aliphatic rings. The SMILES string of the molecule is CC[C@@H]1CSC2=N[C@H](c3ccccn3)[C@@H](c3cn(C(C)C)c4ccccc34)N21. The predicted molar refractivity (Wildman–Crippen MR) is 118 cm³/mol. The molecule has 0 aliphatic carbocycles. The average Bonchev–Trinajstić information content (AvgIpc) is 3.39. The maximum absolute atomic E-state index is 5.17. The molecule has 3 aromatic rings. The molecule has 2 aliphatic heterocycles. The third-order valence-corrected chi connectivity index (χ3v) is 7.10. The van der Waals surface area contributed by atoms with E-state index in [1.807, 2.05) is 24.0 Å². The highest BCUT2D eigenvalue weighted by molar-refractivity contribution is 8.14. The van der Waals surface area contributed by atoms with Crippen LogP contribution in [0, 0.1) is 0 Å². The number of fused-ring (bicyclic) bond motifs is 2. The van der Waals surface area contributed by atoms with Crippen LogP contribution in [-0.4, -0.2) is 31.4 Å². The maximum atomic E-state index is 5.17. The Morgan fingerprint density at radius 1 is 1.14 bits per heavy atom. The molecule has 4 nitrogen and oxygen atoms in total. The minimum atomic E-state index is 0.0458. The van der Waals surface area contributed by atoms with Gasteiger partial charge < -0.3 is 9.47 Å². The van der Waals surface area contributed by atoms with E-state index in [-0.39, 0.29) is 12.1 Å². The summed E-state index contributed by atoms with van der Waals surface area (Å²) in [5.41, 5.74) is 3.74. The fourth-order valence-electron chi connectivity index (χ4n) is 4.58. The molecule has 0 radical (unpaired) electrons. The lowest BCUT2D eigenvalue weighted by molar-refractivity contribution is 0.256. The van der Waals surface area contributed by atoms with Gasteiger partial charge in [0.05, 0.1) is 11.7 Å². The second-order valence-corrected chi connectivity index (χ2v) is 8.93. The number of para-hydroxylation sites is 1. The Kier molecular flexibility index (Phi) is 4.43.